The van der Waals surface area contributed by atoms with E-state index in [4.69, 9.17) is 11.6 Å². The summed E-state index contributed by atoms with van der Waals surface area (Å²) in [6.45, 7) is 4.65. The number of aliphatic hydroxyl groups is 1. The number of halogens is 1. The number of nitrogens with zero attached hydrogens (tertiary/aromatic N) is 1. The first-order valence-electron chi connectivity index (χ1n) is 4.76. The number of hydrogen-bond acceptors (Lipinski definition) is 2. The normalized spacial score (nSPS) is 13.6. The summed E-state index contributed by atoms with van der Waals surface area (Å²) in [4.78, 5) is 0. The topological polar surface area (TPSA) is 37.2 Å². The highest BCUT2D eigenvalue weighted by Crippen LogP contribution is 2.23. The van der Waals surface area contributed by atoms with E-state index in [-0.39, 0.29) is 0 Å². The molecule has 0 aromatic carbocycles. The van der Waals surface area contributed by atoms with Crippen LogP contribution in [0.1, 0.15) is 31.6 Å². The van der Waals surface area contributed by atoms with Crippen molar-refractivity contribution < 1.29 is 5.11 Å². The van der Waals surface area contributed by atoms with Crippen LogP contribution in [0.25, 0.3) is 0 Å². The van der Waals surface area contributed by atoms with Crippen LogP contribution in [-0.4, -0.2) is 23.3 Å². The van der Waals surface area contributed by atoms with Crippen molar-refractivity contribution in [3.63, 3.8) is 0 Å². The lowest BCUT2D eigenvalue weighted by Crippen LogP contribution is -2.16. The maximum Gasteiger partial charge on any atom is 0.109 e. The van der Waals surface area contributed by atoms with E-state index in [1.807, 2.05) is 23.9 Å². The molecule has 0 amide bonds. The van der Waals surface area contributed by atoms with Crippen molar-refractivity contribution in [2.75, 3.05) is 13.6 Å². The van der Waals surface area contributed by atoms with Crippen LogP contribution in [0.4, 0.5) is 0 Å². The minimum Gasteiger partial charge on any atom is -0.387 e. The summed E-state index contributed by atoms with van der Waals surface area (Å²) >= 11 is 6.02. The molecule has 0 bridgehead atoms. The maximum atomic E-state index is 9.71. The SMILES string of the molecule is CNCC(O)c1cc(Cl)n(C(C)C)c1. The highest BCUT2D eigenvalue weighted by atomic mass is 35.5. The van der Waals surface area contributed by atoms with E-state index < -0.39 is 6.10 Å². The summed E-state index contributed by atoms with van der Waals surface area (Å²) in [7, 11) is 1.81. The second-order valence-corrected chi connectivity index (χ2v) is 4.06. The molecule has 1 atom stereocenters. The van der Waals surface area contributed by atoms with Gasteiger partial charge in [-0.2, -0.15) is 0 Å². The number of aromatic nitrogens is 1. The quantitative estimate of drug-likeness (QED) is 0.808. The van der Waals surface area contributed by atoms with Gasteiger partial charge in [0.2, 0.25) is 0 Å². The van der Waals surface area contributed by atoms with Gasteiger partial charge in [0.1, 0.15) is 5.15 Å². The molecule has 1 aromatic rings. The lowest BCUT2D eigenvalue weighted by atomic mass is 10.2. The van der Waals surface area contributed by atoms with Crippen LogP contribution in [-0.2, 0) is 0 Å². The fraction of sp³-hybridized carbons (Fsp3) is 0.600. The Balaban J connectivity index is 2.85. The lowest BCUT2D eigenvalue weighted by molar-refractivity contribution is 0.177. The molecule has 1 aromatic heterocycles. The Bertz CT molecular complexity index is 296. The van der Waals surface area contributed by atoms with Crippen LogP contribution >= 0.6 is 11.6 Å². The summed E-state index contributed by atoms with van der Waals surface area (Å²) in [6.07, 6.45) is 1.41. The summed E-state index contributed by atoms with van der Waals surface area (Å²) in [5, 5.41) is 13.3. The van der Waals surface area contributed by atoms with Gasteiger partial charge in [-0.1, -0.05) is 11.6 Å². The van der Waals surface area contributed by atoms with Gasteiger partial charge < -0.3 is 15.0 Å². The molecule has 0 fully saturated rings. The minimum atomic E-state index is -0.488. The first kappa shape index (κ1) is 11.6. The molecule has 1 rings (SSSR count). The largest absolute Gasteiger partial charge is 0.387 e. The van der Waals surface area contributed by atoms with Gasteiger partial charge in [-0.3, -0.25) is 0 Å². The first-order chi connectivity index (χ1) is 6.56. The highest BCUT2D eigenvalue weighted by molar-refractivity contribution is 6.29. The van der Waals surface area contributed by atoms with Crippen molar-refractivity contribution in [2.24, 2.45) is 0 Å². The zero-order valence-corrected chi connectivity index (χ0v) is 9.54. The lowest BCUT2D eigenvalue weighted by Gasteiger charge is -2.09. The molecular formula is C10H17ClN2O. The Hall–Kier alpha value is -0.510. The molecule has 0 aliphatic rings. The monoisotopic (exact) mass is 216 g/mol. The molecule has 0 aliphatic heterocycles. The van der Waals surface area contributed by atoms with E-state index >= 15 is 0 Å². The van der Waals surface area contributed by atoms with Crippen LogP contribution in [0.15, 0.2) is 12.3 Å². The van der Waals surface area contributed by atoms with Crippen molar-refractivity contribution in [3.05, 3.63) is 23.0 Å². The zero-order chi connectivity index (χ0) is 10.7. The third kappa shape index (κ3) is 2.50. The van der Waals surface area contributed by atoms with Gasteiger partial charge in [0.25, 0.3) is 0 Å². The zero-order valence-electron chi connectivity index (χ0n) is 8.79. The number of rotatable bonds is 4. The third-order valence-corrected chi connectivity index (χ3v) is 2.46. The van der Waals surface area contributed by atoms with E-state index in [0.29, 0.717) is 17.7 Å². The molecule has 2 N–H and O–H groups in total. The van der Waals surface area contributed by atoms with Crippen LogP contribution in [0.5, 0.6) is 0 Å². The molecule has 4 heteroatoms. The second kappa shape index (κ2) is 4.82. The molecular weight excluding hydrogens is 200 g/mol. The van der Waals surface area contributed by atoms with E-state index in [2.05, 4.69) is 19.2 Å². The van der Waals surface area contributed by atoms with Gasteiger partial charge in [0, 0.05) is 24.3 Å². The fourth-order valence-electron chi connectivity index (χ4n) is 1.36. The number of hydrogen-bond donors (Lipinski definition) is 2. The highest BCUT2D eigenvalue weighted by Gasteiger charge is 2.12. The number of likely N-dealkylation sites (N-methyl/N-ethyl adjacent to an activating group) is 1. The van der Waals surface area contributed by atoms with Crippen molar-refractivity contribution in [2.45, 2.75) is 26.0 Å². The molecule has 0 aliphatic carbocycles. The predicted molar refractivity (Wildman–Crippen MR) is 58.7 cm³/mol. The molecule has 80 valence electrons. The van der Waals surface area contributed by atoms with E-state index in [9.17, 15) is 5.11 Å². The van der Waals surface area contributed by atoms with Crippen LogP contribution < -0.4 is 5.32 Å². The Labute approximate surface area is 89.7 Å². The van der Waals surface area contributed by atoms with Gasteiger partial charge >= 0.3 is 0 Å². The molecule has 14 heavy (non-hydrogen) atoms. The van der Waals surface area contributed by atoms with Crippen LogP contribution in [0.2, 0.25) is 5.15 Å². The van der Waals surface area contributed by atoms with Crippen molar-refractivity contribution in [3.8, 4) is 0 Å². The summed E-state index contributed by atoms with van der Waals surface area (Å²) < 4.78 is 1.94. The Morgan fingerprint density at radius 3 is 2.64 bits per heavy atom. The van der Waals surface area contributed by atoms with Crippen LogP contribution in [0.3, 0.4) is 0 Å². The Kier molecular flexibility index (Phi) is 3.98. The van der Waals surface area contributed by atoms with E-state index in [1.165, 1.54) is 0 Å². The molecule has 0 saturated heterocycles. The molecule has 3 nitrogen and oxygen atoms in total. The van der Waals surface area contributed by atoms with Gasteiger partial charge in [-0.25, -0.2) is 0 Å². The van der Waals surface area contributed by atoms with Crippen molar-refractivity contribution in [1.82, 2.24) is 9.88 Å². The third-order valence-electron chi connectivity index (χ3n) is 2.16. The van der Waals surface area contributed by atoms with Gasteiger partial charge in [-0.05, 0) is 27.0 Å². The average molecular weight is 217 g/mol. The first-order valence-corrected chi connectivity index (χ1v) is 5.14. The average Bonchev–Trinajstić information content (AvgIpc) is 2.48. The van der Waals surface area contributed by atoms with Gasteiger partial charge in [0.05, 0.1) is 6.10 Å². The fourth-order valence-corrected chi connectivity index (χ4v) is 1.73. The minimum absolute atomic E-state index is 0.318. The standard InChI is InChI=1S/C10H17ClN2O/c1-7(2)13-6-8(4-10(13)11)9(14)5-12-3/h4,6-7,9,12,14H,5H2,1-3H3. The predicted octanol–water partition coefficient (Wildman–Crippen LogP) is 1.98. The molecule has 0 radical (unpaired) electrons. The van der Waals surface area contributed by atoms with Gasteiger partial charge in [0.15, 0.2) is 0 Å². The number of nitrogens with one attached hydrogen (secondary N) is 1. The van der Waals surface area contributed by atoms with E-state index in [1.54, 1.807) is 0 Å². The second-order valence-electron chi connectivity index (χ2n) is 3.67. The molecule has 0 saturated carbocycles. The molecule has 1 unspecified atom stereocenters. The Morgan fingerprint density at radius 1 is 1.57 bits per heavy atom. The Morgan fingerprint density at radius 2 is 2.21 bits per heavy atom. The maximum absolute atomic E-state index is 9.71. The molecule has 1 heterocycles. The molecule has 0 spiro atoms. The number of aliphatic hydroxyl groups excluding tert-OH is 1. The smallest absolute Gasteiger partial charge is 0.109 e. The summed E-state index contributed by atoms with van der Waals surface area (Å²) in [5.41, 5.74) is 0.859. The van der Waals surface area contributed by atoms with Crippen molar-refractivity contribution >= 4 is 11.6 Å². The summed E-state index contributed by atoms with van der Waals surface area (Å²) in [6, 6.07) is 2.13. The van der Waals surface area contributed by atoms with Gasteiger partial charge in [-0.15, -0.1) is 0 Å². The van der Waals surface area contributed by atoms with Crippen LogP contribution in [0, 0.1) is 0 Å². The van der Waals surface area contributed by atoms with Crippen molar-refractivity contribution in [1.29, 1.82) is 0 Å². The van der Waals surface area contributed by atoms with E-state index in [0.717, 1.165) is 5.56 Å². The summed E-state index contributed by atoms with van der Waals surface area (Å²) in [5.74, 6) is 0.